The topological polar surface area (TPSA) is 91.0 Å². The summed E-state index contributed by atoms with van der Waals surface area (Å²) in [6.07, 6.45) is 3.16. The van der Waals surface area contributed by atoms with Crippen molar-refractivity contribution in [2.45, 2.75) is 40.0 Å². The highest BCUT2D eigenvalue weighted by molar-refractivity contribution is 5.94. The summed E-state index contributed by atoms with van der Waals surface area (Å²) in [5, 5.41) is 7.64. The van der Waals surface area contributed by atoms with Gasteiger partial charge in [0.25, 0.3) is 11.5 Å². The lowest BCUT2D eigenvalue weighted by atomic mass is 10.1. The van der Waals surface area contributed by atoms with E-state index in [1.165, 1.54) is 6.20 Å². The Bertz CT molecular complexity index is 1320. The van der Waals surface area contributed by atoms with Gasteiger partial charge in [0, 0.05) is 12.1 Å². The average Bonchev–Trinajstić information content (AvgIpc) is 3.21. The zero-order valence-corrected chi connectivity index (χ0v) is 19.0. The Morgan fingerprint density at radius 1 is 1.12 bits per heavy atom. The molecule has 4 aromatic rings. The van der Waals surface area contributed by atoms with Gasteiger partial charge in [-0.25, -0.2) is 9.67 Å². The molecular formula is C25H27N5O3. The van der Waals surface area contributed by atoms with Crippen LogP contribution in [0, 0.1) is 6.92 Å². The SMILES string of the molecule is Cc1ccccc1Cn1cnc2c(cnn2CCNC(=O)c2ccc(OC(C)C)cc2)c1=O. The molecule has 8 heteroatoms. The summed E-state index contributed by atoms with van der Waals surface area (Å²) >= 11 is 0. The molecule has 0 aliphatic rings. The highest BCUT2D eigenvalue weighted by Gasteiger charge is 2.12. The van der Waals surface area contributed by atoms with Gasteiger partial charge in [0.05, 0.1) is 25.4 Å². The number of aromatic nitrogens is 4. The minimum absolute atomic E-state index is 0.0775. The van der Waals surface area contributed by atoms with Crippen LogP contribution >= 0.6 is 0 Å². The summed E-state index contributed by atoms with van der Waals surface area (Å²) in [6, 6.07) is 15.0. The van der Waals surface area contributed by atoms with Gasteiger partial charge in [-0.2, -0.15) is 5.10 Å². The van der Waals surface area contributed by atoms with Gasteiger partial charge < -0.3 is 10.1 Å². The summed E-state index contributed by atoms with van der Waals surface area (Å²) in [4.78, 5) is 29.8. The molecule has 1 N–H and O–H groups in total. The van der Waals surface area contributed by atoms with Crippen molar-refractivity contribution >= 4 is 16.9 Å². The molecule has 0 unspecified atom stereocenters. The standard InChI is InChI=1S/C25H27N5O3/c1-17(2)33-21-10-8-19(9-11-21)24(31)26-12-13-30-23-22(14-28-30)25(32)29(16-27-23)15-20-7-5-4-6-18(20)3/h4-11,14,16-17H,12-13,15H2,1-3H3,(H,26,31). The molecule has 0 spiro atoms. The minimum atomic E-state index is -0.184. The molecule has 2 aromatic heterocycles. The Labute approximate surface area is 191 Å². The summed E-state index contributed by atoms with van der Waals surface area (Å²) < 4.78 is 8.82. The molecule has 1 amide bonds. The first-order chi connectivity index (χ1) is 15.9. The number of fused-ring (bicyclic) bond motifs is 1. The Hall–Kier alpha value is -3.94. The van der Waals surface area contributed by atoms with Gasteiger partial charge in [-0.15, -0.1) is 0 Å². The van der Waals surface area contributed by atoms with E-state index >= 15 is 0 Å². The first-order valence-corrected chi connectivity index (χ1v) is 10.9. The molecule has 2 aromatic carbocycles. The van der Waals surface area contributed by atoms with Crippen LogP contribution in [-0.4, -0.2) is 37.9 Å². The lowest BCUT2D eigenvalue weighted by Gasteiger charge is -2.10. The van der Waals surface area contributed by atoms with Crippen LogP contribution < -0.4 is 15.6 Å². The molecule has 0 saturated heterocycles. The van der Waals surface area contributed by atoms with Crippen molar-refractivity contribution in [1.82, 2.24) is 24.6 Å². The molecule has 0 saturated carbocycles. The van der Waals surface area contributed by atoms with E-state index in [1.807, 2.05) is 45.0 Å². The van der Waals surface area contributed by atoms with Gasteiger partial charge >= 0.3 is 0 Å². The van der Waals surface area contributed by atoms with Gasteiger partial charge in [0.1, 0.15) is 17.5 Å². The summed E-state index contributed by atoms with van der Waals surface area (Å²) in [7, 11) is 0. The van der Waals surface area contributed by atoms with Crippen LogP contribution in [0.4, 0.5) is 0 Å². The van der Waals surface area contributed by atoms with Crippen LogP contribution in [0.25, 0.3) is 11.0 Å². The van der Waals surface area contributed by atoms with Crippen LogP contribution in [0.2, 0.25) is 0 Å². The maximum Gasteiger partial charge on any atom is 0.264 e. The van der Waals surface area contributed by atoms with Gasteiger partial charge in [-0.05, 0) is 56.2 Å². The number of ether oxygens (including phenoxy) is 1. The Morgan fingerprint density at radius 2 is 1.88 bits per heavy atom. The van der Waals surface area contributed by atoms with Crippen molar-refractivity contribution in [1.29, 1.82) is 0 Å². The Kier molecular flexibility index (Phi) is 6.53. The smallest absolute Gasteiger partial charge is 0.264 e. The van der Waals surface area contributed by atoms with Crippen LogP contribution in [0.3, 0.4) is 0 Å². The second kappa shape index (κ2) is 9.68. The maximum atomic E-state index is 12.9. The quantitative estimate of drug-likeness (QED) is 0.450. The molecule has 0 aliphatic heterocycles. The monoisotopic (exact) mass is 445 g/mol. The third kappa shape index (κ3) is 5.11. The Morgan fingerprint density at radius 3 is 2.61 bits per heavy atom. The predicted molar refractivity (Wildman–Crippen MR) is 127 cm³/mol. The predicted octanol–water partition coefficient (Wildman–Crippen LogP) is 3.17. The third-order valence-electron chi connectivity index (χ3n) is 5.32. The Balaban J connectivity index is 1.40. The third-order valence-corrected chi connectivity index (χ3v) is 5.32. The number of aryl methyl sites for hydroxylation is 1. The van der Waals surface area contributed by atoms with Crippen molar-refractivity contribution < 1.29 is 9.53 Å². The summed E-state index contributed by atoms with van der Waals surface area (Å²) in [6.45, 7) is 7.14. The van der Waals surface area contributed by atoms with Crippen LogP contribution in [0.1, 0.15) is 35.3 Å². The lowest BCUT2D eigenvalue weighted by Crippen LogP contribution is -2.27. The number of amides is 1. The molecule has 0 aliphatic carbocycles. The number of rotatable bonds is 8. The second-order valence-electron chi connectivity index (χ2n) is 8.16. The molecule has 0 radical (unpaired) electrons. The van der Waals surface area contributed by atoms with Gasteiger partial charge in [0.15, 0.2) is 5.65 Å². The first kappa shape index (κ1) is 22.3. The minimum Gasteiger partial charge on any atom is -0.491 e. The number of hydrogen-bond acceptors (Lipinski definition) is 5. The molecule has 8 nitrogen and oxygen atoms in total. The molecular weight excluding hydrogens is 418 g/mol. The number of carbonyl (C=O) groups excluding carboxylic acids is 1. The lowest BCUT2D eigenvalue weighted by molar-refractivity contribution is 0.0952. The zero-order chi connectivity index (χ0) is 23.4. The first-order valence-electron chi connectivity index (χ1n) is 10.9. The van der Waals surface area contributed by atoms with Crippen LogP contribution in [0.15, 0.2) is 65.8 Å². The van der Waals surface area contributed by atoms with E-state index in [9.17, 15) is 9.59 Å². The molecule has 0 fully saturated rings. The van der Waals surface area contributed by atoms with Gasteiger partial charge in [0.2, 0.25) is 0 Å². The summed E-state index contributed by atoms with van der Waals surface area (Å²) in [5.41, 5.74) is 3.11. The van der Waals surface area contributed by atoms with Crippen LogP contribution in [-0.2, 0) is 13.1 Å². The van der Waals surface area contributed by atoms with Crippen molar-refractivity contribution in [3.63, 3.8) is 0 Å². The number of nitrogens with one attached hydrogen (secondary N) is 1. The van der Waals surface area contributed by atoms with Crippen molar-refractivity contribution in [3.05, 3.63) is 88.1 Å². The van der Waals surface area contributed by atoms with E-state index < -0.39 is 0 Å². The second-order valence-corrected chi connectivity index (χ2v) is 8.16. The normalized spacial score (nSPS) is 11.2. The van der Waals surface area contributed by atoms with Crippen molar-refractivity contribution in [3.8, 4) is 5.75 Å². The number of carbonyl (C=O) groups is 1. The van der Waals surface area contributed by atoms with E-state index in [0.717, 1.165) is 16.9 Å². The highest BCUT2D eigenvalue weighted by atomic mass is 16.5. The van der Waals surface area contributed by atoms with Gasteiger partial charge in [-0.1, -0.05) is 24.3 Å². The van der Waals surface area contributed by atoms with E-state index in [2.05, 4.69) is 15.4 Å². The van der Waals surface area contributed by atoms with E-state index in [0.29, 0.717) is 36.2 Å². The molecule has 0 bridgehead atoms. The molecule has 33 heavy (non-hydrogen) atoms. The number of hydrogen-bond donors (Lipinski definition) is 1. The molecule has 2 heterocycles. The fraction of sp³-hybridized carbons (Fsp3) is 0.280. The number of nitrogens with zero attached hydrogens (tertiary/aromatic N) is 4. The molecule has 0 atom stereocenters. The highest BCUT2D eigenvalue weighted by Crippen LogP contribution is 2.14. The number of benzene rings is 2. The molecule has 170 valence electrons. The van der Waals surface area contributed by atoms with Crippen LogP contribution in [0.5, 0.6) is 5.75 Å². The van der Waals surface area contributed by atoms with Crippen molar-refractivity contribution in [2.24, 2.45) is 0 Å². The maximum absolute atomic E-state index is 12.9. The zero-order valence-electron chi connectivity index (χ0n) is 19.0. The average molecular weight is 446 g/mol. The summed E-state index contributed by atoms with van der Waals surface area (Å²) in [5.74, 6) is 0.542. The largest absolute Gasteiger partial charge is 0.491 e. The van der Waals surface area contributed by atoms with E-state index in [1.54, 1.807) is 39.8 Å². The fourth-order valence-corrected chi connectivity index (χ4v) is 3.58. The van der Waals surface area contributed by atoms with E-state index in [4.69, 9.17) is 4.74 Å². The molecule has 4 rings (SSSR count). The van der Waals surface area contributed by atoms with Crippen molar-refractivity contribution in [2.75, 3.05) is 6.54 Å². The van der Waals surface area contributed by atoms with E-state index in [-0.39, 0.29) is 17.6 Å². The van der Waals surface area contributed by atoms with Gasteiger partial charge in [-0.3, -0.25) is 14.2 Å². The fourth-order valence-electron chi connectivity index (χ4n) is 3.58.